The highest BCUT2D eigenvalue weighted by molar-refractivity contribution is 6.03. The summed E-state index contributed by atoms with van der Waals surface area (Å²) in [6.07, 6.45) is 6.11. The molecule has 0 radical (unpaired) electrons. The number of carbonyl (C=O) groups excluding carboxylic acids is 3. The maximum Gasteiger partial charge on any atom is 0.267 e. The summed E-state index contributed by atoms with van der Waals surface area (Å²) in [5, 5.41) is 14.2. The Morgan fingerprint density at radius 3 is 1.90 bits per heavy atom. The minimum absolute atomic E-state index is 0.143. The quantitative estimate of drug-likeness (QED) is 0.453. The van der Waals surface area contributed by atoms with Crippen LogP contribution in [0, 0.1) is 0 Å². The molecule has 0 bridgehead atoms. The van der Waals surface area contributed by atoms with Gasteiger partial charge in [0.2, 0.25) is 5.91 Å². The Balaban J connectivity index is 1.34. The van der Waals surface area contributed by atoms with Crippen molar-refractivity contribution in [3.8, 4) is 0 Å². The van der Waals surface area contributed by atoms with E-state index in [0.717, 1.165) is 44.1 Å². The van der Waals surface area contributed by atoms with Crippen molar-refractivity contribution in [3.05, 3.63) is 108 Å². The number of hydrogen-bond donors (Lipinski definition) is 2. The van der Waals surface area contributed by atoms with Gasteiger partial charge in [0.1, 0.15) is 0 Å². The molecule has 5 rings (SSSR count). The van der Waals surface area contributed by atoms with Crippen LogP contribution in [0.5, 0.6) is 0 Å². The van der Waals surface area contributed by atoms with Crippen molar-refractivity contribution >= 4 is 17.6 Å². The molecular weight excluding hydrogens is 488 g/mol. The molecule has 3 aromatic rings. The van der Waals surface area contributed by atoms with Gasteiger partial charge in [-0.05, 0) is 48.9 Å². The van der Waals surface area contributed by atoms with Crippen LogP contribution in [0.15, 0.2) is 91.0 Å². The van der Waals surface area contributed by atoms with Crippen LogP contribution >= 0.6 is 0 Å². The highest BCUT2D eigenvalue weighted by Crippen LogP contribution is 2.41. The monoisotopic (exact) mass is 524 g/mol. The van der Waals surface area contributed by atoms with E-state index in [1.165, 1.54) is 0 Å². The number of benzene rings is 3. The SMILES string of the molecule is O=C(NC(=O)C(O)(c1ccccc1)c1ccccc1)[C@@H]1CCCN1CC(=O)C1(c2ccccc2)CCCCC1. The molecule has 2 amide bonds. The zero-order chi connectivity index (χ0) is 27.3. The molecule has 6 heteroatoms. The van der Waals surface area contributed by atoms with Crippen LogP contribution in [0.3, 0.4) is 0 Å². The van der Waals surface area contributed by atoms with Gasteiger partial charge >= 0.3 is 0 Å². The van der Waals surface area contributed by atoms with Crippen LogP contribution in [-0.2, 0) is 25.4 Å². The summed E-state index contributed by atoms with van der Waals surface area (Å²) in [5.74, 6) is -1.13. The summed E-state index contributed by atoms with van der Waals surface area (Å²) in [5.41, 5.74) is -0.749. The minimum atomic E-state index is -2.03. The van der Waals surface area contributed by atoms with Crippen LogP contribution in [0.2, 0.25) is 0 Å². The van der Waals surface area contributed by atoms with Crippen LogP contribution in [0.25, 0.3) is 0 Å². The third-order valence-electron chi connectivity index (χ3n) is 8.53. The molecule has 39 heavy (non-hydrogen) atoms. The number of rotatable bonds is 8. The first-order valence-electron chi connectivity index (χ1n) is 14.0. The lowest BCUT2D eigenvalue weighted by Crippen LogP contribution is -2.54. The second-order valence-electron chi connectivity index (χ2n) is 10.8. The molecule has 6 nitrogen and oxygen atoms in total. The number of hydrogen-bond acceptors (Lipinski definition) is 5. The third kappa shape index (κ3) is 5.32. The van der Waals surface area contributed by atoms with Crippen molar-refractivity contribution < 1.29 is 19.5 Å². The maximum absolute atomic E-state index is 13.9. The molecule has 2 aliphatic rings. The Kier molecular flexibility index (Phi) is 8.05. The van der Waals surface area contributed by atoms with Gasteiger partial charge in [0.15, 0.2) is 11.4 Å². The summed E-state index contributed by atoms with van der Waals surface area (Å²) in [4.78, 5) is 42.9. The summed E-state index contributed by atoms with van der Waals surface area (Å²) in [6, 6.07) is 26.7. The second kappa shape index (κ2) is 11.6. The number of aliphatic hydroxyl groups is 1. The lowest BCUT2D eigenvalue weighted by molar-refractivity contribution is -0.143. The summed E-state index contributed by atoms with van der Waals surface area (Å²) >= 11 is 0. The average Bonchev–Trinajstić information content (AvgIpc) is 3.46. The minimum Gasteiger partial charge on any atom is -0.372 e. The van der Waals surface area contributed by atoms with Gasteiger partial charge < -0.3 is 5.11 Å². The lowest BCUT2D eigenvalue weighted by atomic mass is 9.66. The molecule has 1 saturated heterocycles. The average molecular weight is 525 g/mol. The smallest absolute Gasteiger partial charge is 0.267 e. The molecule has 1 aliphatic carbocycles. The van der Waals surface area contributed by atoms with Crippen molar-refractivity contribution in [3.63, 3.8) is 0 Å². The largest absolute Gasteiger partial charge is 0.372 e. The molecule has 0 aromatic heterocycles. The molecule has 2 N–H and O–H groups in total. The molecule has 1 saturated carbocycles. The van der Waals surface area contributed by atoms with E-state index in [0.29, 0.717) is 24.1 Å². The number of Topliss-reactive ketones (excluding diaryl/α,β-unsaturated/α-hetero) is 1. The second-order valence-corrected chi connectivity index (χ2v) is 10.8. The van der Waals surface area contributed by atoms with Gasteiger partial charge in [-0.15, -0.1) is 0 Å². The lowest BCUT2D eigenvalue weighted by Gasteiger charge is -2.38. The Bertz CT molecular complexity index is 1250. The van der Waals surface area contributed by atoms with Gasteiger partial charge in [-0.3, -0.25) is 24.6 Å². The van der Waals surface area contributed by atoms with Gasteiger partial charge in [-0.25, -0.2) is 0 Å². The summed E-state index contributed by atoms with van der Waals surface area (Å²) < 4.78 is 0. The van der Waals surface area contributed by atoms with Crippen molar-refractivity contribution in [2.75, 3.05) is 13.1 Å². The summed E-state index contributed by atoms with van der Waals surface area (Å²) in [7, 11) is 0. The van der Waals surface area contributed by atoms with E-state index >= 15 is 0 Å². The molecule has 0 unspecified atom stereocenters. The normalized spacial score (nSPS) is 19.4. The van der Waals surface area contributed by atoms with Gasteiger partial charge in [-0.2, -0.15) is 0 Å². The molecule has 3 aromatic carbocycles. The molecule has 0 spiro atoms. The maximum atomic E-state index is 13.9. The Labute approximate surface area is 230 Å². The number of likely N-dealkylation sites (tertiary alicyclic amines) is 1. The molecule has 202 valence electrons. The highest BCUT2D eigenvalue weighted by atomic mass is 16.3. The first-order chi connectivity index (χ1) is 18.9. The van der Waals surface area contributed by atoms with Crippen LogP contribution in [-0.4, -0.2) is 46.7 Å². The standard InChI is InChI=1S/C33H36N2O4/c36-29(32(21-11-4-12-22-32)25-14-5-1-6-15-25)24-35-23-13-20-28(35)30(37)34-31(38)33(39,26-16-7-2-8-17-26)27-18-9-3-10-19-27/h1-3,5-10,14-19,28,39H,4,11-13,20-24H2,(H,34,37,38)/t28-/m0/s1. The van der Waals surface area contributed by atoms with E-state index in [2.05, 4.69) is 5.32 Å². The molecule has 1 atom stereocenters. The fraction of sp³-hybridized carbons (Fsp3) is 0.364. The van der Waals surface area contributed by atoms with Crippen molar-refractivity contribution in [1.29, 1.82) is 0 Å². The first kappa shape index (κ1) is 27.0. The van der Waals surface area contributed by atoms with Crippen molar-refractivity contribution in [2.45, 2.75) is 62.0 Å². The van der Waals surface area contributed by atoms with Crippen LogP contribution < -0.4 is 5.32 Å². The number of carbonyl (C=O) groups is 3. The number of amides is 2. The third-order valence-corrected chi connectivity index (χ3v) is 8.53. The zero-order valence-electron chi connectivity index (χ0n) is 22.2. The van der Waals surface area contributed by atoms with Crippen molar-refractivity contribution in [1.82, 2.24) is 10.2 Å². The number of nitrogens with one attached hydrogen (secondary N) is 1. The Morgan fingerprint density at radius 1 is 0.795 bits per heavy atom. The van der Waals surface area contributed by atoms with Crippen LogP contribution in [0.4, 0.5) is 0 Å². The van der Waals surface area contributed by atoms with Crippen LogP contribution in [0.1, 0.15) is 61.6 Å². The predicted octanol–water partition coefficient (Wildman–Crippen LogP) is 4.50. The predicted molar refractivity (Wildman–Crippen MR) is 150 cm³/mol. The van der Waals surface area contributed by atoms with E-state index in [1.54, 1.807) is 60.7 Å². The van der Waals surface area contributed by atoms with Gasteiger partial charge in [0.05, 0.1) is 18.0 Å². The fourth-order valence-corrected chi connectivity index (χ4v) is 6.36. The molecule has 1 aliphatic heterocycles. The zero-order valence-corrected chi connectivity index (χ0v) is 22.2. The summed E-state index contributed by atoms with van der Waals surface area (Å²) in [6.45, 7) is 0.785. The first-order valence-corrected chi connectivity index (χ1v) is 14.0. The fourth-order valence-electron chi connectivity index (χ4n) is 6.36. The number of imide groups is 1. The highest BCUT2D eigenvalue weighted by Gasteiger charge is 2.45. The Morgan fingerprint density at radius 2 is 1.33 bits per heavy atom. The van der Waals surface area contributed by atoms with E-state index in [-0.39, 0.29) is 12.3 Å². The van der Waals surface area contributed by atoms with E-state index in [4.69, 9.17) is 0 Å². The van der Waals surface area contributed by atoms with Gasteiger partial charge in [-0.1, -0.05) is 110 Å². The van der Waals surface area contributed by atoms with Gasteiger partial charge in [0.25, 0.3) is 5.91 Å². The van der Waals surface area contributed by atoms with E-state index < -0.39 is 28.9 Å². The van der Waals surface area contributed by atoms with Crippen molar-refractivity contribution in [2.24, 2.45) is 0 Å². The molecular formula is C33H36N2O4. The Hall–Kier alpha value is -3.61. The van der Waals surface area contributed by atoms with E-state index in [1.807, 2.05) is 35.2 Å². The molecule has 1 heterocycles. The number of nitrogens with zero attached hydrogens (tertiary/aromatic N) is 1. The topological polar surface area (TPSA) is 86.7 Å². The van der Waals surface area contributed by atoms with E-state index in [9.17, 15) is 19.5 Å². The molecule has 2 fully saturated rings. The van der Waals surface area contributed by atoms with Gasteiger partial charge in [0, 0.05) is 0 Å². The number of ketones is 1.